The highest BCUT2D eigenvalue weighted by atomic mass is 127. The van der Waals surface area contributed by atoms with E-state index in [2.05, 4.69) is 33.3 Å². The van der Waals surface area contributed by atoms with Crippen molar-refractivity contribution in [2.75, 3.05) is 27.9 Å². The van der Waals surface area contributed by atoms with Gasteiger partial charge in [-0.15, -0.1) is 11.3 Å². The van der Waals surface area contributed by atoms with E-state index in [1.807, 2.05) is 17.5 Å². The third-order valence-electron chi connectivity index (χ3n) is 3.36. The van der Waals surface area contributed by atoms with Gasteiger partial charge < -0.3 is 19.5 Å². The Morgan fingerprint density at radius 3 is 2.36 bits per heavy atom. The lowest BCUT2D eigenvalue weighted by Gasteiger charge is -2.13. The molecule has 6 heteroatoms. The number of hydrogen-bond donors (Lipinski definition) is 1. The summed E-state index contributed by atoms with van der Waals surface area (Å²) < 4.78 is 17.2. The Hall–Kier alpha value is -0.990. The van der Waals surface area contributed by atoms with E-state index in [1.54, 1.807) is 32.7 Å². The highest BCUT2D eigenvalue weighted by Gasteiger charge is 2.09. The monoisotopic (exact) mass is 433 g/mol. The molecule has 1 aromatic carbocycles. The lowest BCUT2D eigenvalue weighted by Crippen LogP contribution is -2.17. The first-order valence-corrected chi connectivity index (χ1v) is 8.92. The van der Waals surface area contributed by atoms with Crippen LogP contribution in [0.15, 0.2) is 22.9 Å². The summed E-state index contributed by atoms with van der Waals surface area (Å²) in [7, 11) is 5.09. The molecule has 120 valence electrons. The number of nitrogens with one attached hydrogen (secondary N) is 1. The summed E-state index contributed by atoms with van der Waals surface area (Å²) in [6, 6.07) is 4.06. The average molecular weight is 433 g/mol. The smallest absolute Gasteiger partial charge is 0.134 e. The SMILES string of the molecule is COc1cc(CCNCc2cscc2OC)c(OC)cc1I. The van der Waals surface area contributed by atoms with E-state index < -0.39 is 0 Å². The van der Waals surface area contributed by atoms with Crippen molar-refractivity contribution < 1.29 is 14.2 Å². The number of methoxy groups -OCH3 is 3. The van der Waals surface area contributed by atoms with Gasteiger partial charge in [-0.05, 0) is 58.6 Å². The molecule has 0 saturated heterocycles. The standard InChI is InChI=1S/C16H20INO3S/c1-19-14-7-13(17)15(20-2)6-11(14)4-5-18-8-12-9-22-10-16(12)21-3/h6-7,9-10,18H,4-5,8H2,1-3H3. The second-order valence-corrected chi connectivity index (χ2v) is 6.60. The van der Waals surface area contributed by atoms with E-state index in [1.165, 1.54) is 5.56 Å². The maximum absolute atomic E-state index is 5.46. The Bertz CT molecular complexity index is 615. The van der Waals surface area contributed by atoms with Gasteiger partial charge in [0.25, 0.3) is 0 Å². The molecule has 4 nitrogen and oxygen atoms in total. The first kappa shape index (κ1) is 17.4. The lowest BCUT2D eigenvalue weighted by molar-refractivity contribution is 0.395. The van der Waals surface area contributed by atoms with Crippen molar-refractivity contribution in [3.05, 3.63) is 37.6 Å². The van der Waals surface area contributed by atoms with Crippen molar-refractivity contribution in [3.8, 4) is 17.2 Å². The fraction of sp³-hybridized carbons (Fsp3) is 0.375. The third-order valence-corrected chi connectivity index (χ3v) is 4.98. The molecule has 0 radical (unpaired) electrons. The Labute approximate surface area is 148 Å². The number of halogens is 1. The Morgan fingerprint density at radius 2 is 1.68 bits per heavy atom. The van der Waals surface area contributed by atoms with E-state index in [0.29, 0.717) is 0 Å². The number of rotatable bonds is 8. The molecule has 1 aromatic heterocycles. The first-order chi connectivity index (χ1) is 10.7. The molecule has 0 saturated carbocycles. The Morgan fingerprint density at radius 1 is 0.955 bits per heavy atom. The summed E-state index contributed by atoms with van der Waals surface area (Å²) in [5.74, 6) is 2.74. The van der Waals surface area contributed by atoms with E-state index in [-0.39, 0.29) is 0 Å². The quantitative estimate of drug-likeness (QED) is 0.509. The number of ether oxygens (including phenoxy) is 3. The maximum atomic E-state index is 5.46. The predicted octanol–water partition coefficient (Wildman–Crippen LogP) is 3.71. The molecule has 0 atom stereocenters. The van der Waals surface area contributed by atoms with Crippen LogP contribution >= 0.6 is 33.9 Å². The molecule has 0 spiro atoms. The van der Waals surface area contributed by atoms with Crippen LogP contribution in [0.1, 0.15) is 11.1 Å². The summed E-state index contributed by atoms with van der Waals surface area (Å²) in [5.41, 5.74) is 2.34. The van der Waals surface area contributed by atoms with Gasteiger partial charge in [0, 0.05) is 17.5 Å². The van der Waals surface area contributed by atoms with Crippen LogP contribution in [0.25, 0.3) is 0 Å². The van der Waals surface area contributed by atoms with Gasteiger partial charge in [-0.3, -0.25) is 0 Å². The zero-order valence-corrected chi connectivity index (χ0v) is 15.9. The van der Waals surface area contributed by atoms with Gasteiger partial charge in [0.05, 0.1) is 24.9 Å². The minimum absolute atomic E-state index is 0.802. The second kappa shape index (κ2) is 8.59. The lowest BCUT2D eigenvalue weighted by atomic mass is 10.1. The predicted molar refractivity (Wildman–Crippen MR) is 98.5 cm³/mol. The Balaban J connectivity index is 1.94. The number of thiophene rings is 1. The fourth-order valence-corrected chi connectivity index (χ4v) is 3.65. The second-order valence-electron chi connectivity index (χ2n) is 4.69. The molecule has 0 aliphatic rings. The summed E-state index contributed by atoms with van der Waals surface area (Å²) in [4.78, 5) is 0. The van der Waals surface area contributed by atoms with E-state index in [9.17, 15) is 0 Å². The molecule has 2 rings (SSSR count). The molecule has 0 unspecified atom stereocenters. The van der Waals surface area contributed by atoms with Gasteiger partial charge in [-0.1, -0.05) is 0 Å². The van der Waals surface area contributed by atoms with Crippen LogP contribution in [0.2, 0.25) is 0 Å². The average Bonchev–Trinajstić information content (AvgIpc) is 2.99. The molecule has 1 N–H and O–H groups in total. The topological polar surface area (TPSA) is 39.7 Å². The van der Waals surface area contributed by atoms with E-state index >= 15 is 0 Å². The molecule has 1 heterocycles. The number of benzene rings is 1. The van der Waals surface area contributed by atoms with Crippen LogP contribution in [0.4, 0.5) is 0 Å². The van der Waals surface area contributed by atoms with Crippen molar-refractivity contribution in [2.24, 2.45) is 0 Å². The van der Waals surface area contributed by atoms with E-state index in [0.717, 1.165) is 45.9 Å². The van der Waals surface area contributed by atoms with E-state index in [4.69, 9.17) is 14.2 Å². The largest absolute Gasteiger partial charge is 0.496 e. The van der Waals surface area contributed by atoms with Crippen LogP contribution < -0.4 is 19.5 Å². The fourth-order valence-electron chi connectivity index (χ4n) is 2.18. The highest BCUT2D eigenvalue weighted by molar-refractivity contribution is 14.1. The van der Waals surface area contributed by atoms with Crippen molar-refractivity contribution in [3.63, 3.8) is 0 Å². The molecule has 0 aliphatic carbocycles. The Kier molecular flexibility index (Phi) is 6.78. The molecule has 0 bridgehead atoms. The summed E-state index contributed by atoms with van der Waals surface area (Å²) >= 11 is 3.91. The highest BCUT2D eigenvalue weighted by Crippen LogP contribution is 2.30. The molecule has 0 amide bonds. The molecule has 0 fully saturated rings. The van der Waals surface area contributed by atoms with Crippen molar-refractivity contribution in [1.82, 2.24) is 5.32 Å². The molecule has 0 aliphatic heterocycles. The zero-order chi connectivity index (χ0) is 15.9. The van der Waals surface area contributed by atoms with Crippen LogP contribution in [0, 0.1) is 3.57 Å². The molecule has 2 aromatic rings. The molecular formula is C16H20INO3S. The molecule has 22 heavy (non-hydrogen) atoms. The van der Waals surface area contributed by atoms with Crippen LogP contribution in [-0.4, -0.2) is 27.9 Å². The third kappa shape index (κ3) is 4.27. The van der Waals surface area contributed by atoms with Crippen molar-refractivity contribution >= 4 is 33.9 Å². The maximum Gasteiger partial charge on any atom is 0.134 e. The van der Waals surface area contributed by atoms with Crippen molar-refractivity contribution in [1.29, 1.82) is 0 Å². The van der Waals surface area contributed by atoms with Crippen LogP contribution in [0.5, 0.6) is 17.2 Å². The summed E-state index contributed by atoms with van der Waals surface area (Å²) in [6.45, 7) is 1.66. The van der Waals surface area contributed by atoms with Gasteiger partial charge in [-0.2, -0.15) is 0 Å². The first-order valence-electron chi connectivity index (χ1n) is 6.89. The normalized spacial score (nSPS) is 10.5. The number of hydrogen-bond acceptors (Lipinski definition) is 5. The summed E-state index contributed by atoms with van der Waals surface area (Å²) in [6.07, 6.45) is 0.878. The van der Waals surface area contributed by atoms with Crippen LogP contribution in [-0.2, 0) is 13.0 Å². The van der Waals surface area contributed by atoms with Gasteiger partial charge in [-0.25, -0.2) is 0 Å². The van der Waals surface area contributed by atoms with Gasteiger partial charge in [0.15, 0.2) is 0 Å². The van der Waals surface area contributed by atoms with Crippen molar-refractivity contribution in [2.45, 2.75) is 13.0 Å². The minimum atomic E-state index is 0.802. The summed E-state index contributed by atoms with van der Waals surface area (Å²) in [5, 5.41) is 7.57. The van der Waals surface area contributed by atoms with Gasteiger partial charge in [0.2, 0.25) is 0 Å². The van der Waals surface area contributed by atoms with Gasteiger partial charge in [0.1, 0.15) is 17.2 Å². The minimum Gasteiger partial charge on any atom is -0.496 e. The molecular weight excluding hydrogens is 413 g/mol. The zero-order valence-electron chi connectivity index (χ0n) is 12.9. The van der Waals surface area contributed by atoms with Crippen LogP contribution in [0.3, 0.4) is 0 Å². The van der Waals surface area contributed by atoms with Gasteiger partial charge >= 0.3 is 0 Å².